The number of ether oxygens (including phenoxy) is 1. The third kappa shape index (κ3) is 3.77. The van der Waals surface area contributed by atoms with Crippen LogP contribution in [-0.4, -0.2) is 39.6 Å². The zero-order valence-electron chi connectivity index (χ0n) is 13.7. The van der Waals surface area contributed by atoms with E-state index in [9.17, 15) is 13.2 Å². The summed E-state index contributed by atoms with van der Waals surface area (Å²) in [7, 11) is -2.49. The van der Waals surface area contributed by atoms with Gasteiger partial charge >= 0.3 is 5.97 Å². The molecule has 2 N–H and O–H groups in total. The van der Waals surface area contributed by atoms with E-state index >= 15 is 0 Å². The van der Waals surface area contributed by atoms with E-state index in [2.05, 4.69) is 14.8 Å². The highest BCUT2D eigenvalue weighted by molar-refractivity contribution is 7.89. The molecule has 136 valence electrons. The number of sulfonamides is 1. The van der Waals surface area contributed by atoms with Gasteiger partial charge in [0.05, 0.1) is 7.11 Å². The van der Waals surface area contributed by atoms with Crippen LogP contribution in [0.5, 0.6) is 0 Å². The van der Waals surface area contributed by atoms with Crippen molar-refractivity contribution in [1.29, 1.82) is 0 Å². The van der Waals surface area contributed by atoms with Gasteiger partial charge in [0.25, 0.3) is 0 Å². The van der Waals surface area contributed by atoms with Gasteiger partial charge < -0.3 is 14.5 Å². The maximum absolute atomic E-state index is 12.7. The third-order valence-corrected chi connectivity index (χ3v) is 6.13. The summed E-state index contributed by atoms with van der Waals surface area (Å²) in [4.78, 5) is 11.6. The van der Waals surface area contributed by atoms with E-state index < -0.39 is 16.0 Å². The van der Waals surface area contributed by atoms with E-state index in [1.807, 2.05) is 0 Å². The Morgan fingerprint density at radius 3 is 2.54 bits per heavy atom. The molecule has 0 spiro atoms. The van der Waals surface area contributed by atoms with Crippen LogP contribution in [0.3, 0.4) is 0 Å². The van der Waals surface area contributed by atoms with Gasteiger partial charge in [-0.05, 0) is 25.7 Å². The van der Waals surface area contributed by atoms with Gasteiger partial charge in [-0.25, -0.2) is 17.9 Å². The normalized spacial score (nSPS) is 26.0. The standard InChI is InChI=1S/C15H22N2O5S.ClH/c1-3-12-14(8-13(22-12)15(18)21-2)23(19,20)17-11-6-9-4-5-10(7-11)16-9;/h8-11,16-17H,3-7H2,1-2H3;1H. The molecule has 2 atom stereocenters. The molecule has 0 saturated carbocycles. The highest BCUT2D eigenvalue weighted by Gasteiger charge is 2.36. The van der Waals surface area contributed by atoms with E-state index in [1.165, 1.54) is 13.2 Å². The van der Waals surface area contributed by atoms with E-state index in [0.29, 0.717) is 18.5 Å². The Hall–Kier alpha value is -1.09. The first kappa shape index (κ1) is 19.2. The number of carbonyl (C=O) groups is 1. The molecule has 2 bridgehead atoms. The molecule has 1 aromatic heterocycles. The van der Waals surface area contributed by atoms with Crippen molar-refractivity contribution in [3.63, 3.8) is 0 Å². The minimum atomic E-state index is -3.72. The molecule has 3 rings (SSSR count). The summed E-state index contributed by atoms with van der Waals surface area (Å²) in [6.07, 6.45) is 4.16. The number of methoxy groups -OCH3 is 1. The molecular weight excluding hydrogens is 356 g/mol. The second-order valence-corrected chi connectivity index (χ2v) is 7.85. The predicted octanol–water partition coefficient (Wildman–Crippen LogP) is 1.61. The molecule has 0 aromatic carbocycles. The number of fused-ring (bicyclic) bond motifs is 2. The van der Waals surface area contributed by atoms with Gasteiger partial charge in [0.2, 0.25) is 15.8 Å². The second kappa shape index (κ2) is 7.43. The molecule has 2 unspecified atom stereocenters. The topological polar surface area (TPSA) is 97.6 Å². The molecule has 3 heterocycles. The number of hydrogen-bond acceptors (Lipinski definition) is 6. The van der Waals surface area contributed by atoms with Crippen LogP contribution >= 0.6 is 12.4 Å². The summed E-state index contributed by atoms with van der Waals surface area (Å²) in [6.45, 7) is 1.78. The molecule has 2 aliphatic heterocycles. The van der Waals surface area contributed by atoms with E-state index in [1.54, 1.807) is 6.92 Å². The first-order valence-electron chi connectivity index (χ1n) is 7.92. The Morgan fingerprint density at radius 2 is 2.00 bits per heavy atom. The smallest absolute Gasteiger partial charge is 0.373 e. The van der Waals surface area contributed by atoms with Crippen molar-refractivity contribution >= 4 is 28.4 Å². The fourth-order valence-electron chi connectivity index (χ4n) is 3.52. The summed E-state index contributed by atoms with van der Waals surface area (Å²) in [5.74, 6) is -0.494. The monoisotopic (exact) mass is 378 g/mol. The zero-order valence-corrected chi connectivity index (χ0v) is 15.3. The number of nitrogens with one attached hydrogen (secondary N) is 2. The average molecular weight is 379 g/mol. The van der Waals surface area contributed by atoms with Crippen LogP contribution in [0, 0.1) is 0 Å². The second-order valence-electron chi connectivity index (χ2n) is 6.17. The lowest BCUT2D eigenvalue weighted by Gasteiger charge is -2.29. The Labute approximate surface area is 148 Å². The van der Waals surface area contributed by atoms with Crippen molar-refractivity contribution in [3.8, 4) is 0 Å². The summed E-state index contributed by atoms with van der Waals surface area (Å²) < 4.78 is 38.1. The van der Waals surface area contributed by atoms with Gasteiger partial charge in [-0.15, -0.1) is 12.4 Å². The van der Waals surface area contributed by atoms with Crippen molar-refractivity contribution in [2.75, 3.05) is 7.11 Å². The number of furan rings is 1. The molecule has 0 amide bonds. The number of piperidine rings is 1. The SMILES string of the molecule is CCc1oc(C(=O)OC)cc1S(=O)(=O)NC1CC2CCC(C1)N2.Cl. The van der Waals surface area contributed by atoms with Gasteiger partial charge in [-0.2, -0.15) is 0 Å². The zero-order chi connectivity index (χ0) is 16.6. The molecule has 9 heteroatoms. The Kier molecular flexibility index (Phi) is 5.95. The largest absolute Gasteiger partial charge is 0.463 e. The Balaban J connectivity index is 0.00000208. The fourth-order valence-corrected chi connectivity index (χ4v) is 5.03. The molecule has 0 radical (unpaired) electrons. The quantitative estimate of drug-likeness (QED) is 0.755. The highest BCUT2D eigenvalue weighted by Crippen LogP contribution is 2.29. The van der Waals surface area contributed by atoms with Crippen LogP contribution in [0.15, 0.2) is 15.4 Å². The van der Waals surface area contributed by atoms with Crippen molar-refractivity contribution < 1.29 is 22.4 Å². The lowest BCUT2D eigenvalue weighted by molar-refractivity contribution is 0.0563. The minimum Gasteiger partial charge on any atom is -0.463 e. The minimum absolute atomic E-state index is 0. The van der Waals surface area contributed by atoms with Gasteiger partial charge in [0.1, 0.15) is 10.7 Å². The maximum Gasteiger partial charge on any atom is 0.373 e. The summed E-state index contributed by atoms with van der Waals surface area (Å²) >= 11 is 0. The predicted molar refractivity (Wildman–Crippen MR) is 90.0 cm³/mol. The van der Waals surface area contributed by atoms with Gasteiger partial charge in [0.15, 0.2) is 0 Å². The maximum atomic E-state index is 12.7. The molecule has 2 fully saturated rings. The first-order chi connectivity index (χ1) is 10.9. The lowest BCUT2D eigenvalue weighted by atomic mass is 10.0. The highest BCUT2D eigenvalue weighted by atomic mass is 35.5. The average Bonchev–Trinajstić information content (AvgIpc) is 3.10. The van der Waals surface area contributed by atoms with Crippen LogP contribution < -0.4 is 10.0 Å². The number of aryl methyl sites for hydroxylation is 1. The van der Waals surface area contributed by atoms with Crippen LogP contribution in [0.1, 0.15) is 48.9 Å². The number of esters is 1. The fraction of sp³-hybridized carbons (Fsp3) is 0.667. The van der Waals surface area contributed by atoms with E-state index in [4.69, 9.17) is 4.42 Å². The number of carbonyl (C=O) groups excluding carboxylic acids is 1. The lowest BCUT2D eigenvalue weighted by Crippen LogP contribution is -2.47. The van der Waals surface area contributed by atoms with E-state index in [-0.39, 0.29) is 34.9 Å². The van der Waals surface area contributed by atoms with Gasteiger partial charge in [-0.3, -0.25) is 0 Å². The van der Waals surface area contributed by atoms with Gasteiger partial charge in [-0.1, -0.05) is 6.92 Å². The molecular formula is C15H23ClN2O5S. The molecule has 7 nitrogen and oxygen atoms in total. The summed E-state index contributed by atoms with van der Waals surface area (Å²) in [6, 6.07) is 1.95. The first-order valence-corrected chi connectivity index (χ1v) is 9.40. The molecule has 0 aliphatic carbocycles. The number of rotatable bonds is 5. The number of halogens is 1. The number of hydrogen-bond donors (Lipinski definition) is 2. The van der Waals surface area contributed by atoms with Crippen molar-refractivity contribution in [3.05, 3.63) is 17.6 Å². The van der Waals surface area contributed by atoms with Gasteiger partial charge in [0, 0.05) is 30.6 Å². The Morgan fingerprint density at radius 1 is 1.38 bits per heavy atom. The van der Waals surface area contributed by atoms with Crippen molar-refractivity contribution in [2.45, 2.75) is 62.0 Å². The molecule has 2 saturated heterocycles. The molecule has 2 aliphatic rings. The van der Waals surface area contributed by atoms with Crippen molar-refractivity contribution in [2.24, 2.45) is 0 Å². The Bertz CT molecular complexity index is 691. The summed E-state index contributed by atoms with van der Waals surface area (Å²) in [5.41, 5.74) is 0. The summed E-state index contributed by atoms with van der Waals surface area (Å²) in [5, 5.41) is 3.48. The van der Waals surface area contributed by atoms with Crippen LogP contribution in [0.25, 0.3) is 0 Å². The molecule has 24 heavy (non-hydrogen) atoms. The van der Waals surface area contributed by atoms with Crippen LogP contribution in [0.2, 0.25) is 0 Å². The van der Waals surface area contributed by atoms with Crippen LogP contribution in [-0.2, 0) is 21.2 Å². The van der Waals surface area contributed by atoms with Crippen molar-refractivity contribution in [1.82, 2.24) is 10.0 Å². The van der Waals surface area contributed by atoms with Crippen LogP contribution in [0.4, 0.5) is 0 Å². The molecule has 1 aromatic rings. The van der Waals surface area contributed by atoms with E-state index in [0.717, 1.165) is 25.7 Å². The third-order valence-electron chi connectivity index (χ3n) is 4.56.